The monoisotopic (exact) mass is 482 g/mol. The summed E-state index contributed by atoms with van der Waals surface area (Å²) in [5, 5.41) is 16.2. The molecule has 3 fully saturated rings. The summed E-state index contributed by atoms with van der Waals surface area (Å²) in [5.41, 5.74) is 3.17. The van der Waals surface area contributed by atoms with Crippen LogP contribution in [0.1, 0.15) is 60.5 Å². The Balaban J connectivity index is 1.00. The van der Waals surface area contributed by atoms with Gasteiger partial charge in [0.05, 0.1) is 40.2 Å². The third-order valence-corrected chi connectivity index (χ3v) is 8.30. The zero-order chi connectivity index (χ0) is 24.4. The number of aromatic amines is 1. The van der Waals surface area contributed by atoms with Crippen molar-refractivity contribution in [2.45, 2.75) is 50.5 Å². The molecule has 2 amide bonds. The first kappa shape index (κ1) is 21.3. The van der Waals surface area contributed by atoms with Crippen molar-refractivity contribution in [2.24, 2.45) is 5.41 Å². The highest BCUT2D eigenvalue weighted by atomic mass is 16.2. The van der Waals surface area contributed by atoms with Crippen LogP contribution in [0.5, 0.6) is 0 Å². The normalized spacial score (nSPS) is 25.3. The van der Waals surface area contributed by atoms with Crippen LogP contribution in [-0.4, -0.2) is 44.2 Å². The summed E-state index contributed by atoms with van der Waals surface area (Å²) in [5.74, 6) is 0.347. The minimum Gasteiger partial charge on any atom is -0.349 e. The standard InChI is InChI=1S/C27H26N6O3/c34-23-6-3-9-32(23)18-7-8-22-21(14-28-33(22)15-18)25(35)29-17-12-27(13-17)10-16(11-27)24-19-4-1-2-5-20(19)26(36)31-30-24/h1-2,4-5,7-8,14-17H,3,6,9-13H2,(H,29,35)(H,31,36)/t16-,17-,27?. The van der Waals surface area contributed by atoms with Crippen molar-refractivity contribution in [3.8, 4) is 0 Å². The van der Waals surface area contributed by atoms with Crippen molar-refractivity contribution in [1.29, 1.82) is 0 Å². The van der Waals surface area contributed by atoms with Crippen molar-refractivity contribution in [3.05, 3.63) is 70.4 Å². The SMILES string of the molecule is O=C(N[C@H]1CC2(C1)C[C@H](c1n[nH]c(=O)c3ccccc31)C2)c1cnn2cc(N3CCCC3=O)ccc12. The Morgan fingerprint density at radius 2 is 1.86 bits per heavy atom. The molecule has 36 heavy (non-hydrogen) atoms. The number of nitrogens with one attached hydrogen (secondary N) is 2. The second kappa shape index (κ2) is 7.74. The van der Waals surface area contributed by atoms with Crippen LogP contribution in [0, 0.1) is 5.41 Å². The summed E-state index contributed by atoms with van der Waals surface area (Å²) in [4.78, 5) is 38.9. The van der Waals surface area contributed by atoms with Crippen LogP contribution in [0.4, 0.5) is 5.69 Å². The number of pyridine rings is 1. The molecule has 0 unspecified atom stereocenters. The van der Waals surface area contributed by atoms with E-state index in [9.17, 15) is 14.4 Å². The number of amides is 2. The molecular formula is C27H26N6O3. The lowest BCUT2D eigenvalue weighted by Crippen LogP contribution is -2.55. The molecule has 3 aliphatic rings. The second-order valence-corrected chi connectivity index (χ2v) is 10.6. The molecule has 2 saturated carbocycles. The average molecular weight is 483 g/mol. The van der Waals surface area contributed by atoms with Crippen molar-refractivity contribution in [2.75, 3.05) is 11.4 Å². The van der Waals surface area contributed by atoms with Gasteiger partial charge in [-0.25, -0.2) is 9.61 Å². The van der Waals surface area contributed by atoms with Crippen LogP contribution in [0.3, 0.4) is 0 Å². The topological polar surface area (TPSA) is 112 Å². The van der Waals surface area contributed by atoms with E-state index >= 15 is 0 Å². The minimum absolute atomic E-state index is 0.112. The first-order chi connectivity index (χ1) is 17.5. The molecular weight excluding hydrogens is 456 g/mol. The molecule has 9 nitrogen and oxygen atoms in total. The molecule has 0 radical (unpaired) electrons. The lowest BCUT2D eigenvalue weighted by atomic mass is 9.49. The molecule has 2 N–H and O–H groups in total. The lowest BCUT2D eigenvalue weighted by Gasteiger charge is -2.57. The number of hydrogen-bond donors (Lipinski definition) is 2. The molecule has 182 valence electrons. The van der Waals surface area contributed by atoms with Gasteiger partial charge in [-0.1, -0.05) is 18.2 Å². The molecule has 9 heteroatoms. The Hall–Kier alpha value is -4.01. The molecule has 1 saturated heterocycles. The highest BCUT2D eigenvalue weighted by Gasteiger charge is 2.54. The number of carbonyl (C=O) groups excluding carboxylic acids is 2. The fourth-order valence-corrected chi connectivity index (χ4v) is 6.54. The van der Waals surface area contributed by atoms with Gasteiger partial charge in [0.1, 0.15) is 0 Å². The Kier molecular flexibility index (Phi) is 4.58. The predicted octanol–water partition coefficient (Wildman–Crippen LogP) is 3.15. The van der Waals surface area contributed by atoms with Gasteiger partial charge in [0, 0.05) is 30.3 Å². The number of benzene rings is 1. The maximum absolute atomic E-state index is 13.0. The Morgan fingerprint density at radius 3 is 2.64 bits per heavy atom. The van der Waals surface area contributed by atoms with E-state index in [1.165, 1.54) is 0 Å². The number of nitrogens with zero attached hydrogens (tertiary/aromatic N) is 4. The van der Waals surface area contributed by atoms with Gasteiger partial charge >= 0.3 is 0 Å². The maximum Gasteiger partial charge on any atom is 0.272 e. The second-order valence-electron chi connectivity index (χ2n) is 10.6. The minimum atomic E-state index is -0.150. The van der Waals surface area contributed by atoms with Crippen LogP contribution in [0.25, 0.3) is 16.3 Å². The van der Waals surface area contributed by atoms with E-state index in [0.29, 0.717) is 23.3 Å². The molecule has 1 aliphatic heterocycles. The number of H-pyrrole nitrogens is 1. The first-order valence-corrected chi connectivity index (χ1v) is 12.6. The zero-order valence-electron chi connectivity index (χ0n) is 19.7. The summed E-state index contributed by atoms with van der Waals surface area (Å²) in [6, 6.07) is 11.5. The third-order valence-electron chi connectivity index (χ3n) is 8.30. The molecule has 1 spiro atoms. The van der Waals surface area contributed by atoms with Gasteiger partial charge < -0.3 is 10.2 Å². The van der Waals surface area contributed by atoms with Crippen LogP contribution in [0.2, 0.25) is 0 Å². The number of anilines is 1. The molecule has 3 aromatic heterocycles. The van der Waals surface area contributed by atoms with Crippen molar-refractivity contribution >= 4 is 33.8 Å². The van der Waals surface area contributed by atoms with Gasteiger partial charge in [0.2, 0.25) is 5.91 Å². The maximum atomic E-state index is 13.0. The van der Waals surface area contributed by atoms with E-state index < -0.39 is 0 Å². The van der Waals surface area contributed by atoms with Gasteiger partial charge in [-0.05, 0) is 55.7 Å². The van der Waals surface area contributed by atoms with Gasteiger partial charge in [0.15, 0.2) is 0 Å². The molecule has 7 rings (SSSR count). The van der Waals surface area contributed by atoms with Crippen LogP contribution < -0.4 is 15.8 Å². The highest BCUT2D eigenvalue weighted by Crippen LogP contribution is 2.62. The van der Waals surface area contributed by atoms with E-state index in [-0.39, 0.29) is 28.8 Å². The van der Waals surface area contributed by atoms with E-state index in [1.807, 2.05) is 42.6 Å². The van der Waals surface area contributed by atoms with Gasteiger partial charge in [0.25, 0.3) is 11.5 Å². The van der Waals surface area contributed by atoms with Crippen molar-refractivity contribution < 1.29 is 9.59 Å². The van der Waals surface area contributed by atoms with Crippen molar-refractivity contribution in [3.63, 3.8) is 0 Å². The summed E-state index contributed by atoms with van der Waals surface area (Å²) in [7, 11) is 0. The molecule has 1 aromatic carbocycles. The van der Waals surface area contributed by atoms with Crippen LogP contribution >= 0.6 is 0 Å². The fraction of sp³-hybridized carbons (Fsp3) is 0.370. The van der Waals surface area contributed by atoms with Gasteiger partial charge in [-0.15, -0.1) is 0 Å². The third kappa shape index (κ3) is 3.26. The Morgan fingerprint density at radius 1 is 1.06 bits per heavy atom. The van der Waals surface area contributed by atoms with E-state index in [1.54, 1.807) is 15.6 Å². The quantitative estimate of drug-likeness (QED) is 0.464. The number of aromatic nitrogens is 4. The Labute approximate surface area is 206 Å². The predicted molar refractivity (Wildman–Crippen MR) is 134 cm³/mol. The average Bonchev–Trinajstić information content (AvgIpc) is 3.46. The number of fused-ring (bicyclic) bond motifs is 2. The Bertz CT molecular complexity index is 1590. The smallest absolute Gasteiger partial charge is 0.272 e. The van der Waals surface area contributed by atoms with Crippen molar-refractivity contribution in [1.82, 2.24) is 25.1 Å². The number of rotatable bonds is 4. The van der Waals surface area contributed by atoms with E-state index in [0.717, 1.165) is 60.9 Å². The lowest BCUT2D eigenvalue weighted by molar-refractivity contribution is -0.117. The fourth-order valence-electron chi connectivity index (χ4n) is 6.54. The molecule has 4 heterocycles. The summed E-state index contributed by atoms with van der Waals surface area (Å²) in [6.45, 7) is 0.720. The van der Waals surface area contributed by atoms with E-state index in [2.05, 4.69) is 20.6 Å². The molecule has 0 bridgehead atoms. The number of carbonyl (C=O) groups is 2. The van der Waals surface area contributed by atoms with Gasteiger partial charge in [-0.2, -0.15) is 10.2 Å². The zero-order valence-corrected chi connectivity index (χ0v) is 19.7. The molecule has 4 aromatic rings. The van der Waals surface area contributed by atoms with Crippen LogP contribution in [0.15, 0.2) is 53.6 Å². The van der Waals surface area contributed by atoms with Gasteiger partial charge in [-0.3, -0.25) is 14.4 Å². The molecule has 2 aliphatic carbocycles. The first-order valence-electron chi connectivity index (χ1n) is 12.6. The summed E-state index contributed by atoms with van der Waals surface area (Å²) >= 11 is 0. The summed E-state index contributed by atoms with van der Waals surface area (Å²) in [6.07, 6.45) is 8.82. The highest BCUT2D eigenvalue weighted by molar-refractivity contribution is 6.01. The largest absolute Gasteiger partial charge is 0.349 e. The van der Waals surface area contributed by atoms with E-state index in [4.69, 9.17) is 0 Å². The van der Waals surface area contributed by atoms with Crippen LogP contribution in [-0.2, 0) is 4.79 Å². The summed E-state index contributed by atoms with van der Waals surface area (Å²) < 4.78 is 1.68. The number of hydrogen-bond acceptors (Lipinski definition) is 5. The molecule has 0 atom stereocenters.